The average Bonchev–Trinajstić information content (AvgIpc) is 3.60. The molecule has 0 saturated carbocycles. The Kier molecular flexibility index (Phi) is 9.94. The molecule has 8 heteroatoms. The average molecular weight is 631 g/mol. The van der Waals surface area contributed by atoms with E-state index in [9.17, 15) is 14.7 Å². The van der Waals surface area contributed by atoms with Gasteiger partial charge in [-0.05, 0) is 76.0 Å². The molecule has 45 heavy (non-hydrogen) atoms. The summed E-state index contributed by atoms with van der Waals surface area (Å²) in [6.07, 6.45) is 7.72. The zero-order valence-electron chi connectivity index (χ0n) is 26.7. The monoisotopic (exact) mass is 630 g/mol. The Hall–Kier alpha value is -3.36. The van der Waals surface area contributed by atoms with Crippen molar-refractivity contribution in [2.24, 2.45) is 11.8 Å². The van der Waals surface area contributed by atoms with Gasteiger partial charge in [-0.15, -0.1) is 24.9 Å². The molecule has 5 rings (SSSR count). The lowest BCUT2D eigenvalue weighted by atomic mass is 9.66. The summed E-state index contributed by atoms with van der Waals surface area (Å²) in [6, 6.07) is 14.1. The van der Waals surface area contributed by atoms with Gasteiger partial charge in [-0.3, -0.25) is 14.4 Å². The Bertz CT molecular complexity index is 1430. The lowest BCUT2D eigenvalue weighted by Crippen LogP contribution is -2.58. The first-order valence-corrected chi connectivity index (χ1v) is 16.9. The number of rotatable bonds is 14. The van der Waals surface area contributed by atoms with Crippen LogP contribution in [0.15, 0.2) is 73.8 Å². The molecule has 3 saturated heterocycles. The van der Waals surface area contributed by atoms with Crippen LogP contribution < -0.4 is 4.90 Å². The van der Waals surface area contributed by atoms with Gasteiger partial charge in [0.25, 0.3) is 5.91 Å². The van der Waals surface area contributed by atoms with Crippen LogP contribution >= 0.6 is 11.8 Å². The molecule has 2 bridgehead atoms. The van der Waals surface area contributed by atoms with Crippen molar-refractivity contribution in [1.82, 2.24) is 4.90 Å². The molecule has 2 aromatic carbocycles. The number of likely N-dealkylation sites (tertiary alicyclic amines) is 1. The number of unbranched alkanes of at least 4 members (excludes halogenated alkanes) is 2. The molecular formula is C37H46N2O5S. The van der Waals surface area contributed by atoms with Gasteiger partial charge in [-0.2, -0.15) is 0 Å². The lowest BCUT2D eigenvalue weighted by Gasteiger charge is -2.40. The van der Waals surface area contributed by atoms with Crippen molar-refractivity contribution < 1.29 is 24.2 Å². The number of carbonyl (C=O) groups excluding carboxylic acids is 3. The number of anilines is 1. The van der Waals surface area contributed by atoms with Gasteiger partial charge in [-0.1, -0.05) is 60.7 Å². The summed E-state index contributed by atoms with van der Waals surface area (Å²) in [5.41, 5.74) is 3.66. The van der Waals surface area contributed by atoms with E-state index >= 15 is 4.79 Å². The minimum atomic E-state index is -0.868. The van der Waals surface area contributed by atoms with E-state index in [1.54, 1.807) is 27.6 Å². The first kappa shape index (κ1) is 33.0. The van der Waals surface area contributed by atoms with Gasteiger partial charge in [0.2, 0.25) is 5.91 Å². The third-order valence-electron chi connectivity index (χ3n) is 9.95. The summed E-state index contributed by atoms with van der Waals surface area (Å²) in [5.74, 6) is -2.20. The maximum atomic E-state index is 15.1. The normalized spacial score (nSPS) is 27.2. The fraction of sp³-hybridized carbons (Fsp3) is 0.486. The Morgan fingerprint density at radius 2 is 1.80 bits per heavy atom. The van der Waals surface area contributed by atoms with Gasteiger partial charge >= 0.3 is 5.97 Å². The van der Waals surface area contributed by atoms with Crippen LogP contribution in [0.1, 0.15) is 55.7 Å². The number of aliphatic hydroxyl groups excluding tert-OH is 1. The smallest absolute Gasteiger partial charge is 0.311 e. The maximum absolute atomic E-state index is 15.1. The predicted octanol–water partition coefficient (Wildman–Crippen LogP) is 5.81. The molecule has 0 radical (unpaired) electrons. The quantitative estimate of drug-likeness (QED) is 0.161. The van der Waals surface area contributed by atoms with Crippen LogP contribution in [0.3, 0.4) is 0 Å². The van der Waals surface area contributed by atoms with E-state index in [-0.39, 0.29) is 37.5 Å². The number of para-hydroxylation sites is 1. The molecule has 3 aliphatic heterocycles. The van der Waals surface area contributed by atoms with Crippen LogP contribution in [0.2, 0.25) is 0 Å². The number of hydrogen-bond donors (Lipinski definition) is 1. The topological polar surface area (TPSA) is 87.1 Å². The van der Waals surface area contributed by atoms with E-state index in [2.05, 4.69) is 13.2 Å². The summed E-state index contributed by atoms with van der Waals surface area (Å²) in [7, 11) is 0. The summed E-state index contributed by atoms with van der Waals surface area (Å²) < 4.78 is 4.48. The minimum absolute atomic E-state index is 0.204. The highest BCUT2D eigenvalue weighted by Crippen LogP contribution is 2.72. The van der Waals surface area contributed by atoms with Crippen LogP contribution in [0.25, 0.3) is 0 Å². The molecule has 1 N–H and O–H groups in total. The molecule has 3 fully saturated rings. The van der Waals surface area contributed by atoms with Gasteiger partial charge in [-0.25, -0.2) is 0 Å². The molecule has 0 aromatic heterocycles. The second kappa shape index (κ2) is 13.6. The molecule has 3 heterocycles. The van der Waals surface area contributed by atoms with E-state index in [0.29, 0.717) is 19.3 Å². The van der Waals surface area contributed by atoms with Crippen molar-refractivity contribution >= 4 is 35.2 Å². The van der Waals surface area contributed by atoms with Gasteiger partial charge in [0.05, 0.1) is 35.8 Å². The van der Waals surface area contributed by atoms with Crippen LogP contribution in [-0.4, -0.2) is 69.1 Å². The number of amides is 2. The van der Waals surface area contributed by atoms with Crippen LogP contribution in [0, 0.1) is 25.7 Å². The highest BCUT2D eigenvalue weighted by atomic mass is 32.2. The third-order valence-corrected chi connectivity index (χ3v) is 11.9. The zero-order chi connectivity index (χ0) is 32.4. The predicted molar refractivity (Wildman–Crippen MR) is 180 cm³/mol. The number of fused-ring (bicyclic) bond motifs is 1. The second-order valence-electron chi connectivity index (χ2n) is 12.9. The number of allylic oxidation sites excluding steroid dienone is 1. The SMILES string of the molecule is C=CCCCCOC(=O)[C@@H]1[C@H]2C(=O)N([C@@H](CO)Cc3ccccc3)C(C(=O)N(CC=C)c3c(C)cccc3C)C23CC[C@@]1(C)S3. The minimum Gasteiger partial charge on any atom is -0.465 e. The van der Waals surface area contributed by atoms with Crippen molar-refractivity contribution in [3.05, 3.63) is 90.5 Å². The van der Waals surface area contributed by atoms with E-state index in [0.717, 1.165) is 41.6 Å². The Balaban J connectivity index is 1.58. The van der Waals surface area contributed by atoms with E-state index in [1.165, 1.54) is 0 Å². The number of nitrogens with zero attached hydrogens (tertiary/aromatic N) is 2. The number of esters is 1. The van der Waals surface area contributed by atoms with Crippen molar-refractivity contribution in [3.63, 3.8) is 0 Å². The fourth-order valence-electron chi connectivity index (χ4n) is 7.98. The number of benzene rings is 2. The molecular weight excluding hydrogens is 584 g/mol. The van der Waals surface area contributed by atoms with E-state index in [1.807, 2.05) is 75.4 Å². The third kappa shape index (κ3) is 5.87. The van der Waals surface area contributed by atoms with E-state index < -0.39 is 33.4 Å². The molecule has 2 unspecified atom stereocenters. The van der Waals surface area contributed by atoms with Crippen molar-refractivity contribution in [3.8, 4) is 0 Å². The van der Waals surface area contributed by atoms with Crippen molar-refractivity contribution in [1.29, 1.82) is 0 Å². The number of aliphatic hydroxyl groups is 1. The molecule has 3 aliphatic rings. The molecule has 0 aliphatic carbocycles. The highest BCUT2D eigenvalue weighted by Gasteiger charge is 2.78. The largest absolute Gasteiger partial charge is 0.465 e. The van der Waals surface area contributed by atoms with Crippen LogP contribution in [0.5, 0.6) is 0 Å². The van der Waals surface area contributed by atoms with Crippen LogP contribution in [-0.2, 0) is 25.5 Å². The molecule has 240 valence electrons. The Labute approximate surface area is 271 Å². The molecule has 7 nitrogen and oxygen atoms in total. The summed E-state index contributed by atoms with van der Waals surface area (Å²) in [4.78, 5) is 47.1. The first-order valence-electron chi connectivity index (χ1n) is 16.1. The summed E-state index contributed by atoms with van der Waals surface area (Å²) >= 11 is 1.62. The van der Waals surface area contributed by atoms with Crippen molar-refractivity contribution in [2.45, 2.75) is 80.9 Å². The van der Waals surface area contributed by atoms with Gasteiger partial charge in [0.15, 0.2) is 0 Å². The highest BCUT2D eigenvalue weighted by molar-refractivity contribution is 8.02. The van der Waals surface area contributed by atoms with Gasteiger partial charge < -0.3 is 19.6 Å². The summed E-state index contributed by atoms with van der Waals surface area (Å²) in [6.45, 7) is 14.0. The Morgan fingerprint density at radius 1 is 1.09 bits per heavy atom. The Morgan fingerprint density at radius 3 is 2.44 bits per heavy atom. The standard InChI is InChI=1S/C37H46N2O5S/c1-6-8-9-13-22-44-35(43)30-29-33(41)39(28(24-40)23-27-17-11-10-12-18-27)32(37(29)20-19-36(30,5)45-37)34(42)38(21-7-2)31-25(3)15-14-16-26(31)4/h6-7,10-12,14-18,28-30,32,40H,1-2,8-9,13,19-24H2,3-5H3/t28-,29+,30+,32?,36-,37?/m1/s1. The number of carbonyl (C=O) groups is 3. The fourth-order valence-corrected chi connectivity index (χ4v) is 10.3. The number of hydrogen-bond acceptors (Lipinski definition) is 6. The molecule has 2 aromatic rings. The van der Waals surface area contributed by atoms with Crippen LogP contribution in [0.4, 0.5) is 5.69 Å². The molecule has 6 atom stereocenters. The van der Waals surface area contributed by atoms with E-state index in [4.69, 9.17) is 4.74 Å². The van der Waals surface area contributed by atoms with Crippen molar-refractivity contribution in [2.75, 3.05) is 24.7 Å². The first-order chi connectivity index (χ1) is 21.6. The van der Waals surface area contributed by atoms with Gasteiger partial charge in [0.1, 0.15) is 6.04 Å². The number of ether oxygens (including phenoxy) is 1. The lowest BCUT2D eigenvalue weighted by molar-refractivity contribution is -0.156. The maximum Gasteiger partial charge on any atom is 0.311 e. The van der Waals surface area contributed by atoms with Gasteiger partial charge in [0, 0.05) is 17.0 Å². The number of aryl methyl sites for hydroxylation is 2. The molecule has 2 amide bonds. The summed E-state index contributed by atoms with van der Waals surface area (Å²) in [5, 5.41) is 10.8. The zero-order valence-corrected chi connectivity index (χ0v) is 27.6. The molecule has 1 spiro atoms. The second-order valence-corrected chi connectivity index (χ2v) is 14.8. The number of thioether (sulfide) groups is 1.